The molecule has 1 heterocycles. The first-order valence-electron chi connectivity index (χ1n) is 10.8. The van der Waals surface area contributed by atoms with Crippen LogP contribution in [-0.2, 0) is 11.3 Å². The lowest BCUT2D eigenvalue weighted by Gasteiger charge is -2.28. The van der Waals surface area contributed by atoms with Gasteiger partial charge in [-0.05, 0) is 24.3 Å². The molecule has 0 saturated carbocycles. The molecule has 1 amide bonds. The second-order valence-corrected chi connectivity index (χ2v) is 8.89. The fraction of sp³-hybridized carbons (Fsp3) is 0.500. The van der Waals surface area contributed by atoms with Gasteiger partial charge in [-0.1, -0.05) is 33.8 Å². The van der Waals surface area contributed by atoms with Crippen molar-refractivity contribution in [3.05, 3.63) is 54.7 Å². The zero-order chi connectivity index (χ0) is 24.9. The maximum absolute atomic E-state index is 12.6. The van der Waals surface area contributed by atoms with E-state index in [4.69, 9.17) is 5.73 Å². The summed E-state index contributed by atoms with van der Waals surface area (Å²) >= 11 is 0. The minimum Gasteiger partial charge on any atom is -0.383 e. The summed E-state index contributed by atoms with van der Waals surface area (Å²) in [4.78, 5) is 52.1. The lowest BCUT2D eigenvalue weighted by atomic mass is 10.1. The van der Waals surface area contributed by atoms with Gasteiger partial charge in [-0.3, -0.25) is 29.3 Å². The largest absolute Gasteiger partial charge is 0.383 e. The van der Waals surface area contributed by atoms with Crippen LogP contribution in [-0.4, -0.2) is 33.5 Å². The van der Waals surface area contributed by atoms with Gasteiger partial charge in [0.15, 0.2) is 0 Å². The van der Waals surface area contributed by atoms with E-state index in [0.717, 1.165) is 0 Å². The highest BCUT2D eigenvalue weighted by Gasteiger charge is 2.21. The molecular weight excluding hydrogens is 428 g/mol. The lowest BCUT2D eigenvalue weighted by molar-refractivity contribution is -0.384. The average Bonchev–Trinajstić information content (AvgIpc) is 2.70. The standard InChI is InChI=1S/C22H32N6O5/c1-13(2)11-26(19-20(23)27(12-14(3)4)22(31)25-21(19)30)9-8-18(29)24-17-10-16(28(32)33)7-6-15(17)5/h6-7,10,13-14H,8-9,11-12,23H2,1-5H3,(H,24,29)(H,25,30,31). The molecule has 0 radical (unpaired) electrons. The molecule has 0 saturated heterocycles. The first-order chi connectivity index (χ1) is 15.4. The van der Waals surface area contributed by atoms with Crippen molar-refractivity contribution in [2.45, 2.75) is 47.6 Å². The number of nitrogens with two attached hydrogens (primary N) is 1. The van der Waals surface area contributed by atoms with Gasteiger partial charge in [0.05, 0.1) is 10.6 Å². The molecule has 1 aromatic heterocycles. The molecule has 11 heteroatoms. The fourth-order valence-electron chi connectivity index (χ4n) is 3.47. The van der Waals surface area contributed by atoms with E-state index in [0.29, 0.717) is 24.3 Å². The Balaban J connectivity index is 2.29. The summed E-state index contributed by atoms with van der Waals surface area (Å²) in [6.07, 6.45) is 0.0110. The molecule has 0 aliphatic heterocycles. The monoisotopic (exact) mass is 460 g/mol. The second kappa shape index (κ2) is 10.8. The summed E-state index contributed by atoms with van der Waals surface area (Å²) in [6, 6.07) is 4.25. The van der Waals surface area contributed by atoms with Crippen molar-refractivity contribution < 1.29 is 9.72 Å². The second-order valence-electron chi connectivity index (χ2n) is 8.89. The number of nitro benzene ring substituents is 1. The minimum absolute atomic E-state index is 0.0110. The van der Waals surface area contributed by atoms with Crippen molar-refractivity contribution in [3.63, 3.8) is 0 Å². The van der Waals surface area contributed by atoms with Crippen LogP contribution in [0.2, 0.25) is 0 Å². The Kier molecular flexibility index (Phi) is 8.38. The first kappa shape index (κ1) is 25.6. The number of hydrogen-bond donors (Lipinski definition) is 3. The molecule has 4 N–H and O–H groups in total. The van der Waals surface area contributed by atoms with Crippen molar-refractivity contribution in [2.24, 2.45) is 11.8 Å². The molecule has 33 heavy (non-hydrogen) atoms. The highest BCUT2D eigenvalue weighted by Crippen LogP contribution is 2.23. The van der Waals surface area contributed by atoms with Gasteiger partial charge in [-0.2, -0.15) is 0 Å². The van der Waals surface area contributed by atoms with Gasteiger partial charge in [0, 0.05) is 38.2 Å². The third kappa shape index (κ3) is 6.67. The molecule has 180 valence electrons. The number of nitro groups is 1. The zero-order valence-corrected chi connectivity index (χ0v) is 19.7. The smallest absolute Gasteiger partial charge is 0.330 e. The number of aromatic amines is 1. The normalized spacial score (nSPS) is 11.1. The van der Waals surface area contributed by atoms with Gasteiger partial charge in [-0.15, -0.1) is 0 Å². The SMILES string of the molecule is Cc1ccc([N+](=O)[O-])cc1NC(=O)CCN(CC(C)C)c1c(N)n(CC(C)C)c(=O)[nH]c1=O. The van der Waals surface area contributed by atoms with Gasteiger partial charge in [0.2, 0.25) is 5.91 Å². The summed E-state index contributed by atoms with van der Waals surface area (Å²) in [7, 11) is 0. The Bertz CT molecular complexity index is 1140. The van der Waals surface area contributed by atoms with Crippen LogP contribution in [0, 0.1) is 28.9 Å². The van der Waals surface area contributed by atoms with E-state index < -0.39 is 16.2 Å². The number of rotatable bonds is 10. The predicted octanol–water partition coefficient (Wildman–Crippen LogP) is 2.48. The Hall–Kier alpha value is -3.63. The van der Waals surface area contributed by atoms with Crippen LogP contribution < -0.4 is 27.2 Å². The number of H-pyrrole nitrogens is 1. The zero-order valence-electron chi connectivity index (χ0n) is 19.7. The Morgan fingerprint density at radius 3 is 2.48 bits per heavy atom. The molecule has 0 unspecified atom stereocenters. The molecule has 0 atom stereocenters. The number of nitrogens with one attached hydrogen (secondary N) is 2. The Labute approximate surface area is 191 Å². The summed E-state index contributed by atoms with van der Waals surface area (Å²) in [5, 5.41) is 13.7. The van der Waals surface area contributed by atoms with E-state index in [1.165, 1.54) is 16.7 Å². The van der Waals surface area contributed by atoms with E-state index in [9.17, 15) is 24.5 Å². The van der Waals surface area contributed by atoms with Crippen LogP contribution in [0.15, 0.2) is 27.8 Å². The minimum atomic E-state index is -0.604. The molecule has 0 fully saturated rings. The van der Waals surface area contributed by atoms with Gasteiger partial charge in [-0.25, -0.2) is 4.79 Å². The summed E-state index contributed by atoms with van der Waals surface area (Å²) in [5.41, 5.74) is 6.14. The van der Waals surface area contributed by atoms with E-state index in [-0.39, 0.29) is 47.9 Å². The Morgan fingerprint density at radius 2 is 1.91 bits per heavy atom. The summed E-state index contributed by atoms with van der Waals surface area (Å²) in [5.74, 6) is -0.0199. The number of carbonyl (C=O) groups excluding carboxylic acids is 1. The van der Waals surface area contributed by atoms with Crippen molar-refractivity contribution in [2.75, 3.05) is 29.0 Å². The predicted molar refractivity (Wildman–Crippen MR) is 129 cm³/mol. The maximum atomic E-state index is 12.6. The summed E-state index contributed by atoms with van der Waals surface area (Å²) in [6.45, 7) is 10.5. The van der Waals surface area contributed by atoms with Crippen LogP contribution in [0.1, 0.15) is 39.7 Å². The topological polar surface area (TPSA) is 156 Å². The van der Waals surface area contributed by atoms with Crippen LogP contribution in [0.5, 0.6) is 0 Å². The number of anilines is 3. The molecule has 2 rings (SSSR count). The van der Waals surface area contributed by atoms with Gasteiger partial charge in [0.25, 0.3) is 11.2 Å². The Morgan fingerprint density at radius 1 is 1.24 bits per heavy atom. The first-order valence-corrected chi connectivity index (χ1v) is 10.8. The molecule has 2 aromatic rings. The third-order valence-electron chi connectivity index (χ3n) is 4.98. The molecule has 0 aliphatic rings. The molecule has 11 nitrogen and oxygen atoms in total. The number of amides is 1. The van der Waals surface area contributed by atoms with E-state index >= 15 is 0 Å². The number of hydrogen-bond acceptors (Lipinski definition) is 7. The van der Waals surface area contributed by atoms with Crippen LogP contribution in [0.4, 0.5) is 22.9 Å². The van der Waals surface area contributed by atoms with E-state index in [2.05, 4.69) is 10.3 Å². The van der Waals surface area contributed by atoms with Crippen molar-refractivity contribution in [3.8, 4) is 0 Å². The molecule has 0 aliphatic carbocycles. The number of benzene rings is 1. The number of carbonyl (C=O) groups is 1. The lowest BCUT2D eigenvalue weighted by Crippen LogP contribution is -2.41. The number of non-ortho nitro benzene ring substituents is 1. The molecule has 0 bridgehead atoms. The van der Waals surface area contributed by atoms with Crippen molar-refractivity contribution in [1.82, 2.24) is 9.55 Å². The third-order valence-corrected chi connectivity index (χ3v) is 4.98. The quantitative estimate of drug-likeness (QED) is 0.363. The van der Waals surface area contributed by atoms with Gasteiger partial charge >= 0.3 is 5.69 Å². The average molecular weight is 461 g/mol. The fourth-order valence-corrected chi connectivity index (χ4v) is 3.47. The van der Waals surface area contributed by atoms with Crippen LogP contribution in [0.3, 0.4) is 0 Å². The van der Waals surface area contributed by atoms with Gasteiger partial charge < -0.3 is 16.0 Å². The number of nitrogens with zero attached hydrogens (tertiary/aromatic N) is 3. The van der Waals surface area contributed by atoms with Gasteiger partial charge in [0.1, 0.15) is 11.5 Å². The number of aromatic nitrogens is 2. The van der Waals surface area contributed by atoms with E-state index in [1.807, 2.05) is 27.7 Å². The van der Waals surface area contributed by atoms with Crippen LogP contribution in [0.25, 0.3) is 0 Å². The molecule has 1 aromatic carbocycles. The number of aryl methyl sites for hydroxylation is 1. The van der Waals surface area contributed by atoms with Crippen molar-refractivity contribution >= 4 is 28.8 Å². The highest BCUT2D eigenvalue weighted by molar-refractivity contribution is 5.92. The maximum Gasteiger partial charge on any atom is 0.330 e. The molecular formula is C22H32N6O5. The highest BCUT2D eigenvalue weighted by atomic mass is 16.6. The summed E-state index contributed by atoms with van der Waals surface area (Å²) < 4.78 is 1.33. The van der Waals surface area contributed by atoms with E-state index in [1.54, 1.807) is 17.9 Å². The molecule has 0 spiro atoms. The number of nitrogen functional groups attached to an aromatic ring is 1. The van der Waals surface area contributed by atoms with Crippen molar-refractivity contribution in [1.29, 1.82) is 0 Å². The van der Waals surface area contributed by atoms with Crippen LogP contribution >= 0.6 is 0 Å².